The van der Waals surface area contributed by atoms with Gasteiger partial charge in [-0.25, -0.2) is 4.79 Å². The van der Waals surface area contributed by atoms with Crippen LogP contribution >= 0.6 is 0 Å². The van der Waals surface area contributed by atoms with Gasteiger partial charge < -0.3 is 18.8 Å². The molecule has 6 nitrogen and oxygen atoms in total. The minimum absolute atomic E-state index is 0.0693. The number of carbonyl (C=O) groups is 2. The van der Waals surface area contributed by atoms with Gasteiger partial charge in [0.2, 0.25) is 5.76 Å². The summed E-state index contributed by atoms with van der Waals surface area (Å²) in [5.74, 6) is -0.951. The predicted octanol–water partition coefficient (Wildman–Crippen LogP) is 3.79. The Hall–Kier alpha value is -3.12. The number of anilines is 1. The smallest absolute Gasteiger partial charge is 0.375 e. The first kappa shape index (κ1) is 18.7. The lowest BCUT2D eigenvalue weighted by Gasteiger charge is -2.16. The van der Waals surface area contributed by atoms with Gasteiger partial charge in [-0.2, -0.15) is 0 Å². The van der Waals surface area contributed by atoms with Crippen LogP contribution in [0.15, 0.2) is 59.0 Å². The molecule has 0 saturated carbocycles. The van der Waals surface area contributed by atoms with E-state index in [0.29, 0.717) is 17.8 Å². The molecule has 0 bridgehead atoms. The average Bonchev–Trinajstić information content (AvgIpc) is 3.09. The minimum Gasteiger partial charge on any atom is -0.450 e. The second-order valence-electron chi connectivity index (χ2n) is 5.91. The highest BCUT2D eigenvalue weighted by Gasteiger charge is 2.23. The Kier molecular flexibility index (Phi) is 5.88. The third-order valence-corrected chi connectivity index (χ3v) is 4.18. The number of likely N-dealkylation sites (N-methyl/N-ethyl adjacent to an activating group) is 1. The summed E-state index contributed by atoms with van der Waals surface area (Å²) in [6, 6.07) is 16.5. The zero-order valence-corrected chi connectivity index (χ0v) is 15.3. The number of ether oxygens (including phenoxy) is 2. The molecule has 140 valence electrons. The second-order valence-corrected chi connectivity index (χ2v) is 5.91. The van der Waals surface area contributed by atoms with Crippen LogP contribution in [0.5, 0.6) is 0 Å². The molecule has 0 unspecified atom stereocenters. The van der Waals surface area contributed by atoms with Gasteiger partial charge in [0.15, 0.2) is 6.61 Å². The molecule has 0 aliphatic carbocycles. The number of nitrogens with zero attached hydrogens (tertiary/aromatic N) is 1. The predicted molar refractivity (Wildman–Crippen MR) is 102 cm³/mol. The number of fused-ring (bicyclic) bond motifs is 1. The standard InChI is InChI=1S/C21H21NO5/c1-3-25-13-17-16-11-7-8-12-18(16)27-20(17)21(24)26-14-19(23)22(2)15-9-5-4-6-10-15/h4-12H,3,13-14H2,1-2H3. The van der Waals surface area contributed by atoms with E-state index in [0.717, 1.165) is 11.1 Å². The molecule has 0 radical (unpaired) electrons. The molecule has 0 fully saturated rings. The minimum atomic E-state index is -0.685. The van der Waals surface area contributed by atoms with Crippen LogP contribution in [0.3, 0.4) is 0 Å². The summed E-state index contributed by atoms with van der Waals surface area (Å²) in [5.41, 5.74) is 1.92. The topological polar surface area (TPSA) is 69.0 Å². The van der Waals surface area contributed by atoms with Crippen LogP contribution < -0.4 is 4.90 Å². The number of carbonyl (C=O) groups excluding carboxylic acids is 2. The molecule has 0 aliphatic heterocycles. The summed E-state index contributed by atoms with van der Waals surface area (Å²) in [7, 11) is 1.63. The molecule has 1 amide bonds. The van der Waals surface area contributed by atoms with Crippen molar-refractivity contribution in [3.63, 3.8) is 0 Å². The third-order valence-electron chi connectivity index (χ3n) is 4.18. The first-order valence-corrected chi connectivity index (χ1v) is 8.68. The molecule has 3 aromatic rings. The number of benzene rings is 2. The van der Waals surface area contributed by atoms with Gasteiger partial charge in [0.05, 0.1) is 6.61 Å². The van der Waals surface area contributed by atoms with Gasteiger partial charge in [-0.3, -0.25) is 4.79 Å². The third kappa shape index (κ3) is 4.17. The fraction of sp³-hybridized carbons (Fsp3) is 0.238. The number of hydrogen-bond donors (Lipinski definition) is 0. The van der Waals surface area contributed by atoms with Crippen molar-refractivity contribution >= 4 is 28.5 Å². The number of esters is 1. The summed E-state index contributed by atoms with van der Waals surface area (Å²) in [6.45, 7) is 2.23. The van der Waals surface area contributed by atoms with Gasteiger partial charge in [0.25, 0.3) is 5.91 Å². The van der Waals surface area contributed by atoms with Gasteiger partial charge in [-0.1, -0.05) is 36.4 Å². The Bertz CT molecular complexity index is 932. The van der Waals surface area contributed by atoms with Gasteiger partial charge in [-0.15, -0.1) is 0 Å². The highest BCUT2D eigenvalue weighted by molar-refractivity contribution is 5.99. The van der Waals surface area contributed by atoms with Crippen molar-refractivity contribution in [2.75, 3.05) is 25.2 Å². The number of rotatable bonds is 7. The average molecular weight is 367 g/mol. The SMILES string of the molecule is CCOCc1c(C(=O)OCC(=O)N(C)c2ccccc2)oc2ccccc12. The molecule has 0 spiro atoms. The fourth-order valence-corrected chi connectivity index (χ4v) is 2.70. The molecule has 0 atom stereocenters. The van der Waals surface area contributed by atoms with Crippen LogP contribution in [0.1, 0.15) is 23.0 Å². The lowest BCUT2D eigenvalue weighted by molar-refractivity contribution is -0.121. The van der Waals surface area contributed by atoms with Crippen molar-refractivity contribution in [1.29, 1.82) is 0 Å². The molecular formula is C21H21NO5. The molecule has 0 aliphatic rings. The van der Waals surface area contributed by atoms with Gasteiger partial charge in [0.1, 0.15) is 5.58 Å². The van der Waals surface area contributed by atoms with Crippen LogP contribution in [0.25, 0.3) is 11.0 Å². The van der Waals surface area contributed by atoms with Crippen molar-refractivity contribution in [1.82, 2.24) is 0 Å². The summed E-state index contributed by atoms with van der Waals surface area (Å²) < 4.78 is 16.3. The van der Waals surface area contributed by atoms with E-state index < -0.39 is 5.97 Å². The van der Waals surface area contributed by atoms with E-state index in [2.05, 4.69) is 0 Å². The molecule has 1 aromatic heterocycles. The normalized spacial score (nSPS) is 10.7. The van der Waals surface area contributed by atoms with Gasteiger partial charge in [-0.05, 0) is 25.1 Å². The molecular weight excluding hydrogens is 346 g/mol. The Labute approximate surface area is 157 Å². The summed E-state index contributed by atoms with van der Waals surface area (Å²) in [4.78, 5) is 26.3. The Morgan fingerprint density at radius 3 is 2.48 bits per heavy atom. The van der Waals surface area contributed by atoms with Crippen molar-refractivity contribution in [2.24, 2.45) is 0 Å². The Morgan fingerprint density at radius 2 is 1.74 bits per heavy atom. The summed E-state index contributed by atoms with van der Waals surface area (Å²) >= 11 is 0. The molecule has 0 N–H and O–H groups in total. The van der Waals surface area contributed by atoms with Crippen molar-refractivity contribution in [2.45, 2.75) is 13.5 Å². The fourth-order valence-electron chi connectivity index (χ4n) is 2.70. The van der Waals surface area contributed by atoms with Crippen molar-refractivity contribution < 1.29 is 23.5 Å². The molecule has 3 rings (SSSR count). The lowest BCUT2D eigenvalue weighted by atomic mass is 10.1. The van der Waals surface area contributed by atoms with Crippen LogP contribution in [0.2, 0.25) is 0 Å². The van der Waals surface area contributed by atoms with Crippen molar-refractivity contribution in [3.8, 4) is 0 Å². The lowest BCUT2D eigenvalue weighted by Crippen LogP contribution is -2.31. The maximum Gasteiger partial charge on any atom is 0.375 e. The molecule has 0 saturated heterocycles. The number of furan rings is 1. The quantitative estimate of drug-likeness (QED) is 0.594. The molecule has 27 heavy (non-hydrogen) atoms. The van der Waals surface area contributed by atoms with Crippen molar-refractivity contribution in [3.05, 3.63) is 65.9 Å². The number of para-hydroxylation sites is 2. The highest BCUT2D eigenvalue weighted by Crippen LogP contribution is 2.27. The van der Waals surface area contributed by atoms with Gasteiger partial charge in [0, 0.05) is 30.3 Å². The first-order valence-electron chi connectivity index (χ1n) is 8.68. The van der Waals surface area contributed by atoms with E-state index in [1.165, 1.54) is 4.90 Å². The number of amides is 1. The van der Waals surface area contributed by atoms with E-state index in [-0.39, 0.29) is 24.9 Å². The van der Waals surface area contributed by atoms with Gasteiger partial charge >= 0.3 is 5.97 Å². The molecule has 2 aromatic carbocycles. The second kappa shape index (κ2) is 8.51. The number of hydrogen-bond acceptors (Lipinski definition) is 5. The monoisotopic (exact) mass is 367 g/mol. The first-order chi connectivity index (χ1) is 13.1. The maximum absolute atomic E-state index is 12.5. The maximum atomic E-state index is 12.5. The van der Waals surface area contributed by atoms with Crippen LogP contribution in [0.4, 0.5) is 5.69 Å². The van der Waals surface area contributed by atoms with Crippen LogP contribution in [0, 0.1) is 0 Å². The highest BCUT2D eigenvalue weighted by atomic mass is 16.5. The van der Waals surface area contributed by atoms with E-state index in [4.69, 9.17) is 13.9 Å². The Morgan fingerprint density at radius 1 is 1.04 bits per heavy atom. The van der Waals surface area contributed by atoms with Crippen LogP contribution in [-0.4, -0.2) is 32.1 Å². The van der Waals surface area contributed by atoms with E-state index >= 15 is 0 Å². The zero-order chi connectivity index (χ0) is 19.2. The molecule has 1 heterocycles. The summed E-state index contributed by atoms with van der Waals surface area (Å²) in [5, 5.41) is 0.797. The van der Waals surface area contributed by atoms with E-state index in [1.54, 1.807) is 25.2 Å². The molecule has 6 heteroatoms. The summed E-state index contributed by atoms with van der Waals surface area (Å²) in [6.07, 6.45) is 0. The Balaban J connectivity index is 1.73. The van der Waals surface area contributed by atoms with Crippen LogP contribution in [-0.2, 0) is 20.9 Å². The largest absolute Gasteiger partial charge is 0.450 e. The zero-order valence-electron chi connectivity index (χ0n) is 15.3. The van der Waals surface area contributed by atoms with E-state index in [9.17, 15) is 9.59 Å². The van der Waals surface area contributed by atoms with E-state index in [1.807, 2.05) is 43.3 Å².